The van der Waals surface area contributed by atoms with E-state index in [0.717, 1.165) is 11.3 Å². The summed E-state index contributed by atoms with van der Waals surface area (Å²) in [6, 6.07) is 7.74. The maximum absolute atomic E-state index is 12.6. The number of carboxylic acids is 1. The van der Waals surface area contributed by atoms with Crippen molar-refractivity contribution in [3.8, 4) is 5.75 Å². The molecule has 0 aliphatic carbocycles. The molecule has 2 heterocycles. The van der Waals surface area contributed by atoms with Crippen LogP contribution >= 0.6 is 0 Å². The topological polar surface area (TPSA) is 76.1 Å². The van der Waals surface area contributed by atoms with Crippen LogP contribution < -0.4 is 4.74 Å². The van der Waals surface area contributed by atoms with E-state index in [1.807, 2.05) is 24.3 Å². The molecule has 3 rings (SSSR count). The van der Waals surface area contributed by atoms with Crippen LogP contribution in [0.1, 0.15) is 12.0 Å². The first-order valence-electron chi connectivity index (χ1n) is 7.46. The van der Waals surface area contributed by atoms with Crippen molar-refractivity contribution in [2.75, 3.05) is 26.3 Å². The molecule has 1 N–H and O–H groups in total. The van der Waals surface area contributed by atoms with E-state index >= 15 is 0 Å². The number of carbonyl (C=O) groups excluding carboxylic acids is 1. The number of para-hydroxylation sites is 1. The number of carboxylic acid groups (broad SMARTS) is 1. The number of hydrogen-bond donors (Lipinski definition) is 1. The van der Waals surface area contributed by atoms with Gasteiger partial charge in [0.15, 0.2) is 0 Å². The lowest BCUT2D eigenvalue weighted by atomic mass is 9.95. The zero-order chi connectivity index (χ0) is 15.5. The van der Waals surface area contributed by atoms with Gasteiger partial charge in [-0.15, -0.1) is 0 Å². The normalized spacial score (nSPS) is 24.3. The van der Waals surface area contributed by atoms with Gasteiger partial charge in [0.05, 0.1) is 25.0 Å². The summed E-state index contributed by atoms with van der Waals surface area (Å²) in [6.45, 7) is 1.60. The van der Waals surface area contributed by atoms with E-state index in [0.29, 0.717) is 32.7 Å². The van der Waals surface area contributed by atoms with Crippen molar-refractivity contribution in [3.63, 3.8) is 0 Å². The van der Waals surface area contributed by atoms with Gasteiger partial charge in [0.2, 0.25) is 5.91 Å². The largest absolute Gasteiger partial charge is 0.492 e. The molecule has 6 heteroatoms. The molecule has 0 radical (unpaired) electrons. The van der Waals surface area contributed by atoms with E-state index in [2.05, 4.69) is 0 Å². The van der Waals surface area contributed by atoms with Crippen molar-refractivity contribution in [2.24, 2.45) is 5.92 Å². The highest BCUT2D eigenvalue weighted by Crippen LogP contribution is 2.28. The quantitative estimate of drug-likeness (QED) is 0.899. The number of nitrogens with zero attached hydrogens (tertiary/aromatic N) is 1. The standard InChI is InChI=1S/C16H19NO5/c18-15(19)8-13-9-17(5-6-21-13)16(20)12-7-11-3-1-2-4-14(11)22-10-12/h1-4,12-13H,5-10H2,(H,18,19)/t12-,13+/m1/s1. The summed E-state index contributed by atoms with van der Waals surface area (Å²) in [5.41, 5.74) is 1.04. The van der Waals surface area contributed by atoms with Crippen LogP contribution in [-0.4, -0.2) is 54.3 Å². The summed E-state index contributed by atoms with van der Waals surface area (Å²) < 4.78 is 11.1. The van der Waals surface area contributed by atoms with Crippen LogP contribution in [0.15, 0.2) is 24.3 Å². The fraction of sp³-hybridized carbons (Fsp3) is 0.500. The summed E-state index contributed by atoms with van der Waals surface area (Å²) >= 11 is 0. The van der Waals surface area contributed by atoms with Crippen molar-refractivity contribution in [3.05, 3.63) is 29.8 Å². The Morgan fingerprint density at radius 3 is 2.95 bits per heavy atom. The number of aliphatic carboxylic acids is 1. The van der Waals surface area contributed by atoms with Gasteiger partial charge in [0.25, 0.3) is 0 Å². The predicted molar refractivity (Wildman–Crippen MR) is 77.7 cm³/mol. The summed E-state index contributed by atoms with van der Waals surface area (Å²) in [6.07, 6.45) is 0.163. The maximum atomic E-state index is 12.6. The maximum Gasteiger partial charge on any atom is 0.306 e. The first-order valence-corrected chi connectivity index (χ1v) is 7.46. The predicted octanol–water partition coefficient (Wildman–Crippen LogP) is 0.940. The molecule has 2 atom stereocenters. The SMILES string of the molecule is O=C(O)C[C@H]1CN(C(=O)[C@H]2COc3ccccc3C2)CCO1. The second-order valence-corrected chi connectivity index (χ2v) is 5.69. The molecule has 1 aromatic rings. The lowest BCUT2D eigenvalue weighted by Crippen LogP contribution is -2.50. The number of morpholine rings is 1. The molecule has 0 bridgehead atoms. The van der Waals surface area contributed by atoms with Crippen LogP contribution in [0.2, 0.25) is 0 Å². The summed E-state index contributed by atoms with van der Waals surface area (Å²) in [5.74, 6) is -0.252. The molecule has 118 valence electrons. The van der Waals surface area contributed by atoms with Gasteiger partial charge in [-0.2, -0.15) is 0 Å². The highest BCUT2D eigenvalue weighted by Gasteiger charge is 2.33. The van der Waals surface area contributed by atoms with Gasteiger partial charge < -0.3 is 19.5 Å². The Labute approximate surface area is 128 Å². The van der Waals surface area contributed by atoms with Crippen molar-refractivity contribution in [1.29, 1.82) is 0 Å². The van der Waals surface area contributed by atoms with Crippen LogP contribution in [0.4, 0.5) is 0 Å². The molecular weight excluding hydrogens is 286 g/mol. The number of amides is 1. The highest BCUT2D eigenvalue weighted by atomic mass is 16.5. The van der Waals surface area contributed by atoms with Crippen LogP contribution in [0, 0.1) is 5.92 Å². The van der Waals surface area contributed by atoms with E-state index in [1.165, 1.54) is 0 Å². The second kappa shape index (κ2) is 6.36. The summed E-state index contributed by atoms with van der Waals surface area (Å²) in [7, 11) is 0. The fourth-order valence-electron chi connectivity index (χ4n) is 2.98. The summed E-state index contributed by atoms with van der Waals surface area (Å²) in [4.78, 5) is 25.1. The van der Waals surface area contributed by atoms with Crippen molar-refractivity contribution >= 4 is 11.9 Å². The number of benzene rings is 1. The Morgan fingerprint density at radius 2 is 2.14 bits per heavy atom. The third-order valence-electron chi connectivity index (χ3n) is 4.08. The molecule has 1 amide bonds. The summed E-state index contributed by atoms with van der Waals surface area (Å²) in [5, 5.41) is 8.85. The van der Waals surface area contributed by atoms with Gasteiger partial charge in [0.1, 0.15) is 12.4 Å². The van der Waals surface area contributed by atoms with E-state index in [-0.39, 0.29) is 18.2 Å². The smallest absolute Gasteiger partial charge is 0.306 e. The Balaban J connectivity index is 1.63. The molecule has 1 saturated heterocycles. The number of carbonyl (C=O) groups is 2. The van der Waals surface area contributed by atoms with Gasteiger partial charge in [-0.1, -0.05) is 18.2 Å². The average molecular weight is 305 g/mol. The van der Waals surface area contributed by atoms with Crippen molar-refractivity contribution < 1.29 is 24.2 Å². The van der Waals surface area contributed by atoms with E-state index in [9.17, 15) is 9.59 Å². The molecule has 0 unspecified atom stereocenters. The van der Waals surface area contributed by atoms with Gasteiger partial charge in [-0.25, -0.2) is 0 Å². The Bertz CT molecular complexity index is 573. The van der Waals surface area contributed by atoms with E-state index in [4.69, 9.17) is 14.6 Å². The highest BCUT2D eigenvalue weighted by molar-refractivity contribution is 5.80. The lowest BCUT2D eigenvalue weighted by molar-refractivity contribution is -0.150. The van der Waals surface area contributed by atoms with Gasteiger partial charge in [0, 0.05) is 13.1 Å². The molecule has 6 nitrogen and oxygen atoms in total. The van der Waals surface area contributed by atoms with Gasteiger partial charge >= 0.3 is 5.97 Å². The second-order valence-electron chi connectivity index (χ2n) is 5.69. The van der Waals surface area contributed by atoms with E-state index in [1.54, 1.807) is 4.90 Å². The zero-order valence-electron chi connectivity index (χ0n) is 12.2. The molecule has 2 aliphatic rings. The third-order valence-corrected chi connectivity index (χ3v) is 4.08. The minimum absolute atomic E-state index is 0.0215. The molecule has 1 aromatic carbocycles. The molecular formula is C16H19NO5. The van der Waals surface area contributed by atoms with Crippen LogP contribution in [0.5, 0.6) is 5.75 Å². The van der Waals surface area contributed by atoms with Crippen LogP contribution in [0.3, 0.4) is 0 Å². The number of fused-ring (bicyclic) bond motifs is 1. The monoisotopic (exact) mass is 305 g/mol. The number of rotatable bonds is 3. The third kappa shape index (κ3) is 3.22. The molecule has 0 aromatic heterocycles. The minimum atomic E-state index is -0.908. The number of hydrogen-bond acceptors (Lipinski definition) is 4. The molecule has 22 heavy (non-hydrogen) atoms. The Kier molecular flexibility index (Phi) is 4.29. The molecule has 2 aliphatic heterocycles. The van der Waals surface area contributed by atoms with Gasteiger partial charge in [-0.3, -0.25) is 9.59 Å². The first kappa shape index (κ1) is 14.8. The Hall–Kier alpha value is -2.08. The van der Waals surface area contributed by atoms with Crippen molar-refractivity contribution in [2.45, 2.75) is 18.9 Å². The van der Waals surface area contributed by atoms with Crippen LogP contribution in [-0.2, 0) is 20.7 Å². The van der Waals surface area contributed by atoms with Crippen molar-refractivity contribution in [1.82, 2.24) is 4.90 Å². The molecule has 0 saturated carbocycles. The minimum Gasteiger partial charge on any atom is -0.492 e. The van der Waals surface area contributed by atoms with E-state index < -0.39 is 12.1 Å². The number of ether oxygens (including phenoxy) is 2. The van der Waals surface area contributed by atoms with Crippen LogP contribution in [0.25, 0.3) is 0 Å². The van der Waals surface area contributed by atoms with Gasteiger partial charge in [-0.05, 0) is 18.1 Å². The fourth-order valence-corrected chi connectivity index (χ4v) is 2.98. The molecule has 0 spiro atoms. The Morgan fingerprint density at radius 1 is 1.32 bits per heavy atom. The zero-order valence-corrected chi connectivity index (χ0v) is 12.2. The average Bonchev–Trinajstić information content (AvgIpc) is 2.53. The lowest BCUT2D eigenvalue weighted by Gasteiger charge is -2.35. The molecule has 1 fully saturated rings. The first-order chi connectivity index (χ1) is 10.6.